The van der Waals surface area contributed by atoms with Crippen LogP contribution in [0.2, 0.25) is 0 Å². The second-order valence-corrected chi connectivity index (χ2v) is 13.1. The molecule has 11 heteroatoms. The Morgan fingerprint density at radius 2 is 1.66 bits per heavy atom. The molecule has 1 aliphatic rings. The van der Waals surface area contributed by atoms with Crippen molar-refractivity contribution in [1.82, 2.24) is 10.0 Å². The van der Waals surface area contributed by atoms with E-state index in [-0.39, 0.29) is 18.4 Å². The fraction of sp³-hybridized carbons (Fsp3) is 0.606. The SMILES string of the molecule is CC(=O)O.O=S(=O)(NC1CCCCC1)c1cccc(CCCCOCCCCCCNC[C@H](O)c2ccc(O)c(CO)c2)c1. The van der Waals surface area contributed by atoms with Gasteiger partial charge >= 0.3 is 0 Å². The fourth-order valence-electron chi connectivity index (χ4n) is 5.12. The van der Waals surface area contributed by atoms with Crippen molar-refractivity contribution in [3.05, 3.63) is 59.2 Å². The summed E-state index contributed by atoms with van der Waals surface area (Å²) in [5, 5.41) is 39.8. The van der Waals surface area contributed by atoms with Gasteiger partial charge in [0, 0.05) is 38.3 Å². The summed E-state index contributed by atoms with van der Waals surface area (Å²) in [6.07, 6.45) is 11.5. The van der Waals surface area contributed by atoms with Gasteiger partial charge in [0.1, 0.15) is 5.75 Å². The zero-order valence-corrected chi connectivity index (χ0v) is 26.9. The lowest BCUT2D eigenvalue weighted by atomic mass is 9.96. The number of aliphatic hydroxyl groups excluding tert-OH is 2. The third-order valence-electron chi connectivity index (χ3n) is 7.53. The number of rotatable bonds is 19. The van der Waals surface area contributed by atoms with Crippen molar-refractivity contribution in [2.75, 3.05) is 26.3 Å². The quantitative estimate of drug-likeness (QED) is 0.119. The average molecular weight is 637 g/mol. The first-order valence-corrected chi connectivity index (χ1v) is 17.3. The smallest absolute Gasteiger partial charge is 0.300 e. The molecule has 44 heavy (non-hydrogen) atoms. The molecular formula is C33H52N2O8S. The van der Waals surface area contributed by atoms with Gasteiger partial charge < -0.3 is 30.5 Å². The number of nitrogens with one attached hydrogen (secondary N) is 2. The summed E-state index contributed by atoms with van der Waals surface area (Å²) in [4.78, 5) is 9.37. The van der Waals surface area contributed by atoms with Gasteiger partial charge in [0.15, 0.2) is 0 Å². The number of unbranched alkanes of at least 4 members (excludes halogenated alkanes) is 4. The van der Waals surface area contributed by atoms with Crippen LogP contribution in [0.4, 0.5) is 0 Å². The molecule has 0 bridgehead atoms. The summed E-state index contributed by atoms with van der Waals surface area (Å²) in [6, 6.07) is 12.2. The molecule has 10 nitrogen and oxygen atoms in total. The standard InChI is InChI=1S/C31H48N2O6S.C2H4O2/c34-24-27-22-26(16-17-30(27)35)31(36)23-32-18-7-1-2-8-19-39-20-9-6-11-25-12-10-15-29(21-25)40(37,38)33-28-13-4-3-5-14-28;1-2(3)4/h10,12,15-17,21-22,28,31-36H,1-9,11,13-14,18-20,23-24H2;1H3,(H,3,4)/t31-;/m0./s1. The Morgan fingerprint density at radius 1 is 0.977 bits per heavy atom. The van der Waals surface area contributed by atoms with Crippen molar-refractivity contribution in [2.24, 2.45) is 0 Å². The van der Waals surface area contributed by atoms with E-state index in [9.17, 15) is 23.7 Å². The minimum atomic E-state index is -3.46. The monoisotopic (exact) mass is 636 g/mol. The maximum Gasteiger partial charge on any atom is 0.300 e. The molecule has 0 heterocycles. The van der Waals surface area contributed by atoms with Gasteiger partial charge in [-0.25, -0.2) is 13.1 Å². The van der Waals surface area contributed by atoms with Crippen molar-refractivity contribution in [3.63, 3.8) is 0 Å². The molecule has 0 aliphatic heterocycles. The van der Waals surface area contributed by atoms with E-state index in [0.29, 0.717) is 22.6 Å². The van der Waals surface area contributed by atoms with Crippen molar-refractivity contribution < 1.29 is 38.4 Å². The number of carbonyl (C=O) groups is 1. The van der Waals surface area contributed by atoms with Crippen molar-refractivity contribution in [3.8, 4) is 5.75 Å². The highest BCUT2D eigenvalue weighted by Gasteiger charge is 2.22. The summed E-state index contributed by atoms with van der Waals surface area (Å²) in [6.45, 7) is 3.54. The van der Waals surface area contributed by atoms with Crippen LogP contribution in [0, 0.1) is 0 Å². The molecule has 2 aromatic carbocycles. The highest BCUT2D eigenvalue weighted by atomic mass is 32.2. The lowest BCUT2D eigenvalue weighted by molar-refractivity contribution is -0.134. The van der Waals surface area contributed by atoms with E-state index >= 15 is 0 Å². The van der Waals surface area contributed by atoms with Crippen LogP contribution >= 0.6 is 0 Å². The second-order valence-electron chi connectivity index (χ2n) is 11.4. The average Bonchev–Trinajstić information content (AvgIpc) is 2.99. The molecule has 0 amide bonds. The molecule has 0 spiro atoms. The van der Waals surface area contributed by atoms with Crippen molar-refractivity contribution in [2.45, 2.75) is 108 Å². The molecule has 1 aliphatic carbocycles. The Morgan fingerprint density at radius 3 is 2.36 bits per heavy atom. The highest BCUT2D eigenvalue weighted by Crippen LogP contribution is 2.23. The summed E-state index contributed by atoms with van der Waals surface area (Å²) in [5.41, 5.74) is 2.14. The number of ether oxygens (including phenoxy) is 1. The van der Waals surface area contributed by atoms with Gasteiger partial charge in [-0.15, -0.1) is 0 Å². The molecule has 1 saturated carbocycles. The first-order valence-electron chi connectivity index (χ1n) is 15.8. The van der Waals surface area contributed by atoms with Gasteiger partial charge in [0.2, 0.25) is 10.0 Å². The highest BCUT2D eigenvalue weighted by molar-refractivity contribution is 7.89. The molecule has 248 valence electrons. The van der Waals surface area contributed by atoms with Gasteiger partial charge in [-0.1, -0.05) is 50.3 Å². The van der Waals surface area contributed by atoms with Crippen LogP contribution in [0.25, 0.3) is 0 Å². The minimum absolute atomic E-state index is 0.0357. The zero-order chi connectivity index (χ0) is 32.2. The van der Waals surface area contributed by atoms with Crippen LogP contribution in [-0.4, -0.2) is 67.2 Å². The number of benzene rings is 2. The maximum absolute atomic E-state index is 12.8. The van der Waals surface area contributed by atoms with E-state index in [1.165, 1.54) is 12.5 Å². The number of aliphatic carboxylic acids is 1. The topological polar surface area (TPSA) is 165 Å². The summed E-state index contributed by atoms with van der Waals surface area (Å²) < 4.78 is 34.2. The number of phenols is 1. The molecule has 6 N–H and O–H groups in total. The van der Waals surface area contributed by atoms with E-state index < -0.39 is 22.1 Å². The minimum Gasteiger partial charge on any atom is -0.508 e. The molecule has 1 atom stereocenters. The van der Waals surface area contributed by atoms with Crippen LogP contribution < -0.4 is 10.0 Å². The number of aliphatic hydroxyl groups is 2. The predicted molar refractivity (Wildman–Crippen MR) is 171 cm³/mol. The third kappa shape index (κ3) is 15.5. The largest absolute Gasteiger partial charge is 0.508 e. The van der Waals surface area contributed by atoms with Gasteiger partial charge in [0.25, 0.3) is 5.97 Å². The molecule has 0 aromatic heterocycles. The van der Waals surface area contributed by atoms with Gasteiger partial charge in [-0.05, 0) is 86.9 Å². The van der Waals surface area contributed by atoms with Crippen LogP contribution in [0.5, 0.6) is 5.75 Å². The van der Waals surface area contributed by atoms with Crippen molar-refractivity contribution >= 4 is 16.0 Å². The molecule has 3 rings (SSSR count). The molecular weight excluding hydrogens is 584 g/mol. The number of aromatic hydroxyl groups is 1. The van der Waals surface area contributed by atoms with Crippen LogP contribution in [0.15, 0.2) is 47.4 Å². The van der Waals surface area contributed by atoms with E-state index in [1.54, 1.807) is 18.2 Å². The molecule has 2 aromatic rings. The van der Waals surface area contributed by atoms with E-state index in [2.05, 4.69) is 10.0 Å². The number of carboxylic acid groups (broad SMARTS) is 1. The number of aryl methyl sites for hydroxylation is 1. The number of sulfonamides is 1. The fourth-order valence-corrected chi connectivity index (χ4v) is 6.49. The maximum atomic E-state index is 12.8. The first kappa shape index (κ1) is 37.6. The van der Waals surface area contributed by atoms with Crippen LogP contribution in [0.3, 0.4) is 0 Å². The Labute approximate surface area is 262 Å². The van der Waals surface area contributed by atoms with Crippen molar-refractivity contribution in [1.29, 1.82) is 0 Å². The first-order chi connectivity index (χ1) is 21.1. The lowest BCUT2D eigenvalue weighted by Crippen LogP contribution is -2.36. The summed E-state index contributed by atoms with van der Waals surface area (Å²) in [7, 11) is -3.46. The van der Waals surface area contributed by atoms with E-state index in [0.717, 1.165) is 103 Å². The molecule has 0 radical (unpaired) electrons. The van der Waals surface area contributed by atoms with Crippen LogP contribution in [0.1, 0.15) is 100 Å². The number of hydrogen-bond acceptors (Lipinski definition) is 8. The predicted octanol–water partition coefficient (Wildman–Crippen LogP) is 4.81. The Kier molecular flexibility index (Phi) is 18.2. The number of carboxylic acids is 1. The Hall–Kier alpha value is -2.54. The van der Waals surface area contributed by atoms with E-state index in [4.69, 9.17) is 14.6 Å². The zero-order valence-electron chi connectivity index (χ0n) is 26.0. The van der Waals surface area contributed by atoms with Gasteiger partial charge in [-0.3, -0.25) is 4.79 Å². The summed E-state index contributed by atoms with van der Waals surface area (Å²) >= 11 is 0. The second kappa shape index (κ2) is 21.2. The lowest BCUT2D eigenvalue weighted by Gasteiger charge is -2.22. The van der Waals surface area contributed by atoms with E-state index in [1.807, 2.05) is 18.2 Å². The number of hydrogen-bond donors (Lipinski definition) is 6. The molecule has 1 fully saturated rings. The normalized spacial score (nSPS) is 14.5. The summed E-state index contributed by atoms with van der Waals surface area (Å²) in [5.74, 6) is -0.798. The van der Waals surface area contributed by atoms with Gasteiger partial charge in [-0.2, -0.15) is 0 Å². The molecule has 0 unspecified atom stereocenters. The van der Waals surface area contributed by atoms with Crippen LogP contribution in [-0.2, 0) is 32.6 Å². The third-order valence-corrected chi connectivity index (χ3v) is 9.05. The Bertz CT molecular complexity index is 1200. The van der Waals surface area contributed by atoms with Gasteiger partial charge in [0.05, 0.1) is 17.6 Å². The Balaban J connectivity index is 0.00000159. The molecule has 0 saturated heterocycles.